The number of carboxylic acid groups (broad SMARTS) is 1. The van der Waals surface area contributed by atoms with Crippen LogP contribution < -0.4 is 9.64 Å². The summed E-state index contributed by atoms with van der Waals surface area (Å²) in [4.78, 5) is 17.4. The fourth-order valence-corrected chi connectivity index (χ4v) is 4.24. The van der Waals surface area contributed by atoms with Crippen LogP contribution in [0.2, 0.25) is 0 Å². The molecule has 0 atom stereocenters. The van der Waals surface area contributed by atoms with E-state index in [0.29, 0.717) is 27.6 Å². The van der Waals surface area contributed by atoms with Gasteiger partial charge in [0, 0.05) is 16.6 Å². The van der Waals surface area contributed by atoms with Crippen molar-refractivity contribution in [2.24, 2.45) is 0 Å². The molecular weight excluding hydrogens is 522 g/mol. The molecule has 0 bridgehead atoms. The number of halogens is 6. The Morgan fingerprint density at radius 3 is 2.05 bits per heavy atom. The van der Waals surface area contributed by atoms with Gasteiger partial charge >= 0.3 is 18.5 Å². The molecule has 4 aromatic rings. The van der Waals surface area contributed by atoms with E-state index in [2.05, 4.69) is 9.72 Å². The van der Waals surface area contributed by atoms with Gasteiger partial charge in [-0.15, -0.1) is 24.5 Å². The number of nitrogens with zero attached hydrogens (tertiary/aromatic N) is 2. The fourth-order valence-electron chi connectivity index (χ4n) is 3.38. The lowest BCUT2D eigenvalue weighted by Crippen LogP contribution is -2.18. The van der Waals surface area contributed by atoms with Gasteiger partial charge in [0.05, 0.1) is 23.4 Å². The van der Waals surface area contributed by atoms with E-state index in [4.69, 9.17) is 5.11 Å². The summed E-state index contributed by atoms with van der Waals surface area (Å²) in [5.74, 6) is -1.50. The smallest absolute Gasteiger partial charge is 0.478 e. The van der Waals surface area contributed by atoms with Gasteiger partial charge < -0.3 is 14.7 Å². The molecule has 0 spiro atoms. The first kappa shape index (κ1) is 26.0. The highest BCUT2D eigenvalue weighted by Gasteiger charge is 2.31. The molecule has 0 aliphatic heterocycles. The van der Waals surface area contributed by atoms with E-state index in [1.807, 2.05) is 0 Å². The number of rotatable bonds is 7. The summed E-state index contributed by atoms with van der Waals surface area (Å²) in [5.41, 5.74) is 1.31. The maximum absolute atomic E-state index is 12.9. The number of benzene rings is 3. The molecule has 0 saturated heterocycles. The average molecular weight is 538 g/mol. The Bertz CT molecular complexity index is 1370. The summed E-state index contributed by atoms with van der Waals surface area (Å²) < 4.78 is 80.3. The maximum Gasteiger partial charge on any atom is 0.573 e. The van der Waals surface area contributed by atoms with Crippen molar-refractivity contribution in [1.82, 2.24) is 4.98 Å². The number of anilines is 2. The van der Waals surface area contributed by atoms with E-state index in [1.54, 1.807) is 22.4 Å². The minimum absolute atomic E-state index is 0.0859. The predicted molar refractivity (Wildman–Crippen MR) is 125 cm³/mol. The molecule has 192 valence electrons. The number of alkyl halides is 6. The van der Waals surface area contributed by atoms with Gasteiger partial charge in [0.1, 0.15) is 5.75 Å². The molecule has 0 fully saturated rings. The van der Waals surface area contributed by atoms with Crippen molar-refractivity contribution in [3.05, 3.63) is 94.9 Å². The normalized spacial score (nSPS) is 11.8. The van der Waals surface area contributed by atoms with Crippen molar-refractivity contribution >= 4 is 28.1 Å². The van der Waals surface area contributed by atoms with Crippen LogP contribution in [0, 0.1) is 0 Å². The van der Waals surface area contributed by atoms with Crippen LogP contribution >= 0.6 is 11.3 Å². The Morgan fingerprint density at radius 2 is 1.51 bits per heavy atom. The first-order valence-corrected chi connectivity index (χ1v) is 11.4. The van der Waals surface area contributed by atoms with Crippen molar-refractivity contribution in [1.29, 1.82) is 0 Å². The second-order valence-corrected chi connectivity index (χ2v) is 8.56. The van der Waals surface area contributed by atoms with Gasteiger partial charge in [-0.2, -0.15) is 13.2 Å². The third-order valence-electron chi connectivity index (χ3n) is 5.15. The van der Waals surface area contributed by atoms with E-state index < -0.39 is 29.8 Å². The van der Waals surface area contributed by atoms with Crippen LogP contribution in [0.5, 0.6) is 5.75 Å². The van der Waals surface area contributed by atoms with Crippen LogP contribution in [0.25, 0.3) is 11.3 Å². The largest absolute Gasteiger partial charge is 0.573 e. The lowest BCUT2D eigenvalue weighted by molar-refractivity contribution is -0.274. The lowest BCUT2D eigenvalue weighted by atomic mass is 10.1. The topological polar surface area (TPSA) is 62.7 Å². The minimum Gasteiger partial charge on any atom is -0.478 e. The Hall–Kier alpha value is -4.06. The third kappa shape index (κ3) is 6.58. The Balaban J connectivity index is 1.66. The molecule has 0 aliphatic rings. The van der Waals surface area contributed by atoms with Crippen molar-refractivity contribution in [3.63, 3.8) is 0 Å². The quantitative estimate of drug-likeness (QED) is 0.244. The summed E-state index contributed by atoms with van der Waals surface area (Å²) in [7, 11) is 0. The van der Waals surface area contributed by atoms with Gasteiger partial charge in [0.2, 0.25) is 0 Å². The van der Waals surface area contributed by atoms with Crippen LogP contribution in [-0.4, -0.2) is 22.4 Å². The van der Waals surface area contributed by atoms with Gasteiger partial charge in [0.15, 0.2) is 5.13 Å². The highest BCUT2D eigenvalue weighted by Crippen LogP contribution is 2.36. The van der Waals surface area contributed by atoms with Gasteiger partial charge in [-0.05, 0) is 54.1 Å². The lowest BCUT2D eigenvalue weighted by Gasteiger charge is -2.23. The van der Waals surface area contributed by atoms with Crippen LogP contribution in [-0.2, 0) is 12.7 Å². The molecule has 37 heavy (non-hydrogen) atoms. The molecule has 0 radical (unpaired) electrons. The maximum atomic E-state index is 12.9. The summed E-state index contributed by atoms with van der Waals surface area (Å²) in [6.45, 7) is 0.180. The summed E-state index contributed by atoms with van der Waals surface area (Å²) >= 11 is 1.19. The first-order chi connectivity index (χ1) is 17.4. The molecule has 3 aromatic carbocycles. The SMILES string of the molecule is O=C(O)c1ccc(CN(c2ccc(OC(F)(F)F)cc2)c2nc(-c3ccc(C(F)(F)F)cc3)cs2)cc1. The molecule has 5 nitrogen and oxygen atoms in total. The molecule has 1 heterocycles. The van der Waals surface area contributed by atoms with Crippen molar-refractivity contribution in [3.8, 4) is 17.0 Å². The predicted octanol–water partition coefficient (Wildman–Crippen LogP) is 7.76. The summed E-state index contributed by atoms with van der Waals surface area (Å²) in [5, 5.41) is 11.2. The zero-order valence-corrected chi connectivity index (χ0v) is 19.4. The first-order valence-electron chi connectivity index (χ1n) is 10.5. The average Bonchev–Trinajstić information content (AvgIpc) is 3.32. The van der Waals surface area contributed by atoms with Crippen molar-refractivity contribution < 1.29 is 41.0 Å². The van der Waals surface area contributed by atoms with Crippen LogP contribution in [0.3, 0.4) is 0 Å². The number of carbonyl (C=O) groups is 1. The van der Waals surface area contributed by atoms with E-state index in [9.17, 15) is 31.1 Å². The zero-order chi connectivity index (χ0) is 26.8. The van der Waals surface area contributed by atoms with Gasteiger partial charge in [-0.25, -0.2) is 9.78 Å². The zero-order valence-electron chi connectivity index (χ0n) is 18.5. The van der Waals surface area contributed by atoms with Crippen LogP contribution in [0.1, 0.15) is 21.5 Å². The number of thiazole rings is 1. The van der Waals surface area contributed by atoms with E-state index >= 15 is 0 Å². The molecule has 12 heteroatoms. The molecular formula is C25H16F6N2O3S. The Kier molecular flexibility index (Phi) is 7.12. The van der Waals surface area contributed by atoms with Gasteiger partial charge in [-0.3, -0.25) is 0 Å². The molecule has 0 amide bonds. The molecule has 4 rings (SSSR count). The summed E-state index contributed by atoms with van der Waals surface area (Å²) in [6, 6.07) is 15.7. The van der Waals surface area contributed by atoms with E-state index in [-0.39, 0.29) is 12.1 Å². The molecule has 0 aliphatic carbocycles. The highest BCUT2D eigenvalue weighted by molar-refractivity contribution is 7.14. The van der Waals surface area contributed by atoms with Crippen LogP contribution in [0.4, 0.5) is 37.2 Å². The fraction of sp³-hybridized carbons (Fsp3) is 0.120. The minimum atomic E-state index is -4.85. The molecule has 1 aromatic heterocycles. The Morgan fingerprint density at radius 1 is 0.892 bits per heavy atom. The second kappa shape index (κ2) is 10.1. The van der Waals surface area contributed by atoms with Crippen molar-refractivity contribution in [2.45, 2.75) is 19.1 Å². The summed E-state index contributed by atoms with van der Waals surface area (Å²) in [6.07, 6.45) is -9.32. The molecule has 0 saturated carbocycles. The number of hydrogen-bond donors (Lipinski definition) is 1. The Labute approximate surface area is 210 Å². The number of carboxylic acids is 1. The second-order valence-electron chi connectivity index (χ2n) is 7.72. The van der Waals surface area contributed by atoms with Gasteiger partial charge in [0.25, 0.3) is 0 Å². The molecule has 1 N–H and O–H groups in total. The highest BCUT2D eigenvalue weighted by atomic mass is 32.1. The number of ether oxygens (including phenoxy) is 1. The van der Waals surface area contributed by atoms with Crippen molar-refractivity contribution in [2.75, 3.05) is 4.90 Å². The van der Waals surface area contributed by atoms with E-state index in [1.165, 1.54) is 47.7 Å². The van der Waals surface area contributed by atoms with Gasteiger partial charge in [-0.1, -0.05) is 24.3 Å². The van der Waals surface area contributed by atoms with E-state index in [0.717, 1.165) is 24.3 Å². The number of aromatic nitrogens is 1. The third-order valence-corrected chi connectivity index (χ3v) is 6.02. The molecule has 0 unspecified atom stereocenters. The standard InChI is InChI=1S/C25H16F6N2O3S/c26-24(27,28)18-7-5-16(6-8-18)21-14-37-23(32-21)33(13-15-1-3-17(4-2-15)22(34)35)19-9-11-20(12-10-19)36-25(29,30)31/h1-12,14H,13H2,(H,34,35). The number of aromatic carboxylic acids is 1. The van der Waals surface area contributed by atoms with Crippen LogP contribution in [0.15, 0.2) is 78.2 Å². The monoisotopic (exact) mass is 538 g/mol. The number of hydrogen-bond acceptors (Lipinski definition) is 5.